The van der Waals surface area contributed by atoms with Crippen molar-refractivity contribution in [2.24, 2.45) is 0 Å². The number of nitrogens with one attached hydrogen (secondary N) is 2. The monoisotopic (exact) mass is 460 g/mol. The zero-order valence-electron chi connectivity index (χ0n) is 18.2. The summed E-state index contributed by atoms with van der Waals surface area (Å²) in [6.07, 6.45) is -0.901. The molecule has 0 heterocycles. The van der Waals surface area contributed by atoms with Crippen molar-refractivity contribution < 1.29 is 29.3 Å². The van der Waals surface area contributed by atoms with Crippen LogP contribution < -0.4 is 10.6 Å². The second-order valence-corrected chi connectivity index (χ2v) is 7.92. The van der Waals surface area contributed by atoms with Gasteiger partial charge >= 0.3 is 12.1 Å². The van der Waals surface area contributed by atoms with Crippen molar-refractivity contribution in [1.82, 2.24) is 10.6 Å². The van der Waals surface area contributed by atoms with E-state index in [-0.39, 0.29) is 6.61 Å². The number of amides is 2. The molecule has 1 aliphatic rings. The largest absolute Gasteiger partial charge is 0.480 e. The molecule has 4 rings (SSSR count). The highest BCUT2D eigenvalue weighted by Gasteiger charge is 2.39. The van der Waals surface area contributed by atoms with Gasteiger partial charge in [0.05, 0.1) is 6.61 Å². The van der Waals surface area contributed by atoms with Crippen molar-refractivity contribution >= 4 is 18.0 Å². The van der Waals surface area contributed by atoms with Crippen molar-refractivity contribution in [3.05, 3.63) is 95.6 Å². The Kier molecular flexibility index (Phi) is 6.89. The molecule has 174 valence electrons. The number of aliphatic carboxylic acids is 1. The van der Waals surface area contributed by atoms with Crippen LogP contribution in [0.2, 0.25) is 0 Å². The van der Waals surface area contributed by atoms with Gasteiger partial charge in [-0.1, -0.05) is 78.9 Å². The molecule has 3 aromatic rings. The minimum absolute atomic E-state index is 0.0141. The van der Waals surface area contributed by atoms with E-state index >= 15 is 0 Å². The van der Waals surface area contributed by atoms with E-state index in [9.17, 15) is 24.6 Å². The number of aliphatic hydroxyl groups is 1. The number of alkyl carbamates (subject to hydrolysis) is 1. The molecule has 34 heavy (non-hydrogen) atoms. The van der Waals surface area contributed by atoms with Gasteiger partial charge in [0.2, 0.25) is 5.91 Å². The first kappa shape index (κ1) is 23.0. The second kappa shape index (κ2) is 10.2. The lowest BCUT2D eigenvalue weighted by Crippen LogP contribution is -2.54. The summed E-state index contributed by atoms with van der Waals surface area (Å²) in [5.41, 5.74) is 4.14. The van der Waals surface area contributed by atoms with Crippen molar-refractivity contribution in [2.75, 3.05) is 6.61 Å². The number of carboxylic acid groups (broad SMARTS) is 1. The van der Waals surface area contributed by atoms with Crippen LogP contribution in [0.4, 0.5) is 4.79 Å². The Bertz CT molecular complexity index is 1150. The first-order chi connectivity index (χ1) is 16.5. The van der Waals surface area contributed by atoms with Gasteiger partial charge in [0.1, 0.15) is 18.7 Å². The minimum atomic E-state index is -1.38. The first-order valence-corrected chi connectivity index (χ1v) is 10.8. The Morgan fingerprint density at radius 3 is 1.94 bits per heavy atom. The number of ether oxygens (including phenoxy) is 1. The fraction of sp³-hybridized carbons (Fsp3) is 0.192. The lowest BCUT2D eigenvalue weighted by atomic mass is 9.89. The summed E-state index contributed by atoms with van der Waals surface area (Å²) in [7, 11) is 0. The van der Waals surface area contributed by atoms with Gasteiger partial charge in [-0.3, -0.25) is 4.79 Å². The van der Waals surface area contributed by atoms with Gasteiger partial charge in [-0.2, -0.15) is 0 Å². The van der Waals surface area contributed by atoms with E-state index in [2.05, 4.69) is 10.6 Å². The van der Waals surface area contributed by atoms with Gasteiger partial charge < -0.3 is 25.6 Å². The molecular weight excluding hydrogens is 436 g/mol. The van der Waals surface area contributed by atoms with Crippen LogP contribution in [0.15, 0.2) is 78.9 Å². The lowest BCUT2D eigenvalue weighted by Gasteiger charge is -2.25. The van der Waals surface area contributed by atoms with Crippen molar-refractivity contribution in [1.29, 1.82) is 0 Å². The molecule has 0 radical (unpaired) electrons. The molecule has 0 saturated carbocycles. The number of benzene rings is 3. The number of hydrogen-bond donors (Lipinski definition) is 4. The first-order valence-electron chi connectivity index (χ1n) is 10.8. The maximum Gasteiger partial charge on any atom is 0.408 e. The van der Waals surface area contributed by atoms with Crippen LogP contribution in [0.3, 0.4) is 0 Å². The zero-order valence-corrected chi connectivity index (χ0v) is 18.2. The SMILES string of the molecule is O=C(N[C@@H](CO)C(=O)N[C@H](C(=O)O)C1c2ccccc2-c2ccccc21)OCc1ccccc1. The minimum Gasteiger partial charge on any atom is -0.480 e. The molecule has 0 fully saturated rings. The molecule has 1 aliphatic carbocycles. The van der Waals surface area contributed by atoms with E-state index in [1.807, 2.05) is 54.6 Å². The predicted octanol–water partition coefficient (Wildman–Crippen LogP) is 2.66. The summed E-state index contributed by atoms with van der Waals surface area (Å²) in [4.78, 5) is 37.3. The number of aliphatic hydroxyl groups excluding tert-OH is 1. The molecule has 0 bridgehead atoms. The standard InChI is InChI=1S/C26H24N2O6/c29-14-21(27-26(33)34-15-16-8-2-1-3-9-16)24(30)28-23(25(31)32)22-19-12-6-4-10-17(19)18-11-5-7-13-20(18)22/h1-13,21-23,29H,14-15H2,(H,27,33)(H,28,30)(H,31,32)/t21-,23-/m0/s1. The van der Waals surface area contributed by atoms with Crippen LogP contribution in [0.1, 0.15) is 22.6 Å². The van der Waals surface area contributed by atoms with E-state index in [0.717, 1.165) is 27.8 Å². The predicted molar refractivity (Wildman–Crippen MR) is 124 cm³/mol. The molecule has 3 aromatic carbocycles. The molecule has 8 nitrogen and oxygen atoms in total. The molecule has 0 unspecified atom stereocenters. The Morgan fingerprint density at radius 1 is 0.824 bits per heavy atom. The molecule has 0 saturated heterocycles. The van der Waals surface area contributed by atoms with Gasteiger partial charge in [0.25, 0.3) is 0 Å². The molecule has 8 heteroatoms. The highest BCUT2D eigenvalue weighted by atomic mass is 16.5. The lowest BCUT2D eigenvalue weighted by molar-refractivity contribution is -0.142. The van der Waals surface area contributed by atoms with Gasteiger partial charge in [-0.25, -0.2) is 9.59 Å². The molecular formula is C26H24N2O6. The summed E-state index contributed by atoms with van der Waals surface area (Å²) in [6, 6.07) is 21.2. The second-order valence-electron chi connectivity index (χ2n) is 7.92. The number of hydrogen-bond acceptors (Lipinski definition) is 5. The average molecular weight is 460 g/mol. The Balaban J connectivity index is 1.48. The van der Waals surface area contributed by atoms with Crippen molar-refractivity contribution in [2.45, 2.75) is 24.6 Å². The average Bonchev–Trinajstić information content (AvgIpc) is 3.19. The van der Waals surface area contributed by atoms with Crippen LogP contribution in [-0.4, -0.2) is 46.9 Å². The van der Waals surface area contributed by atoms with Crippen molar-refractivity contribution in [3.8, 4) is 11.1 Å². The van der Waals surface area contributed by atoms with Crippen molar-refractivity contribution in [3.63, 3.8) is 0 Å². The Hall–Kier alpha value is -4.17. The van der Waals surface area contributed by atoms with Crippen LogP contribution in [0, 0.1) is 0 Å². The van der Waals surface area contributed by atoms with Gasteiger partial charge in [-0.15, -0.1) is 0 Å². The summed E-state index contributed by atoms with van der Waals surface area (Å²) in [5.74, 6) is -2.68. The van der Waals surface area contributed by atoms with E-state index in [1.165, 1.54) is 0 Å². The Morgan fingerprint density at radius 2 is 1.38 bits per heavy atom. The van der Waals surface area contributed by atoms with E-state index in [1.54, 1.807) is 24.3 Å². The summed E-state index contributed by atoms with van der Waals surface area (Å²) in [6.45, 7) is -0.740. The smallest absolute Gasteiger partial charge is 0.408 e. The quantitative estimate of drug-likeness (QED) is 0.410. The highest BCUT2D eigenvalue weighted by molar-refractivity contribution is 5.91. The van der Waals surface area contributed by atoms with Crippen LogP contribution in [0.25, 0.3) is 11.1 Å². The van der Waals surface area contributed by atoms with Crippen LogP contribution >= 0.6 is 0 Å². The molecule has 2 amide bonds. The van der Waals surface area contributed by atoms with E-state index in [4.69, 9.17) is 4.74 Å². The zero-order chi connectivity index (χ0) is 24.1. The third-order valence-electron chi connectivity index (χ3n) is 5.78. The van der Waals surface area contributed by atoms with Gasteiger partial charge in [0, 0.05) is 5.92 Å². The third kappa shape index (κ3) is 4.77. The number of rotatable bonds is 8. The maximum absolute atomic E-state index is 12.9. The number of carbonyl (C=O) groups excluding carboxylic acids is 2. The maximum atomic E-state index is 12.9. The Labute approximate surface area is 196 Å². The van der Waals surface area contributed by atoms with Crippen LogP contribution in [-0.2, 0) is 20.9 Å². The topological polar surface area (TPSA) is 125 Å². The van der Waals surface area contributed by atoms with Crippen LogP contribution in [0.5, 0.6) is 0 Å². The number of carbonyl (C=O) groups is 3. The summed E-state index contributed by atoms with van der Waals surface area (Å²) < 4.78 is 5.10. The molecule has 0 aromatic heterocycles. The molecule has 0 aliphatic heterocycles. The fourth-order valence-corrected chi connectivity index (χ4v) is 4.20. The molecule has 2 atom stereocenters. The number of fused-ring (bicyclic) bond motifs is 3. The highest BCUT2D eigenvalue weighted by Crippen LogP contribution is 2.46. The van der Waals surface area contributed by atoms with E-state index < -0.39 is 42.6 Å². The third-order valence-corrected chi connectivity index (χ3v) is 5.78. The summed E-state index contributed by atoms with van der Waals surface area (Å²) in [5, 5.41) is 24.5. The number of carboxylic acids is 1. The summed E-state index contributed by atoms with van der Waals surface area (Å²) >= 11 is 0. The molecule has 4 N–H and O–H groups in total. The normalized spacial score (nSPS) is 13.8. The van der Waals surface area contributed by atoms with Gasteiger partial charge in [0.15, 0.2) is 0 Å². The van der Waals surface area contributed by atoms with Gasteiger partial charge in [-0.05, 0) is 27.8 Å². The van der Waals surface area contributed by atoms with E-state index in [0.29, 0.717) is 0 Å². The fourth-order valence-electron chi connectivity index (χ4n) is 4.20. The molecule has 0 spiro atoms.